The van der Waals surface area contributed by atoms with E-state index in [2.05, 4.69) is 52.8 Å². The van der Waals surface area contributed by atoms with Gasteiger partial charge in [-0.15, -0.1) is 16.4 Å². The number of aromatic nitrogens is 3. The smallest absolute Gasteiger partial charge is 0.243 e. The van der Waals surface area contributed by atoms with Crippen LogP contribution in [-0.4, -0.2) is 21.6 Å². The molecular formula is C13H14N4S. The van der Waals surface area contributed by atoms with Crippen molar-refractivity contribution in [3.63, 3.8) is 0 Å². The number of nitrogens with zero attached hydrogens (tertiary/aromatic N) is 3. The van der Waals surface area contributed by atoms with Crippen LogP contribution in [0.4, 0.5) is 5.95 Å². The summed E-state index contributed by atoms with van der Waals surface area (Å²) in [4.78, 5) is 5.29. The van der Waals surface area contributed by atoms with Gasteiger partial charge in [-0.05, 0) is 31.0 Å². The lowest BCUT2D eigenvalue weighted by Crippen LogP contribution is -1.93. The largest absolute Gasteiger partial charge is 0.356 e. The average molecular weight is 258 g/mol. The van der Waals surface area contributed by atoms with E-state index < -0.39 is 0 Å². The molecule has 5 heteroatoms. The fourth-order valence-electron chi connectivity index (χ4n) is 1.89. The number of anilines is 1. The van der Waals surface area contributed by atoms with Crippen molar-refractivity contribution in [2.24, 2.45) is 0 Å². The molecule has 0 saturated heterocycles. The Hall–Kier alpha value is -1.88. The molecule has 0 atom stereocenters. The molecule has 0 spiro atoms. The van der Waals surface area contributed by atoms with E-state index in [1.165, 1.54) is 16.7 Å². The Bertz CT molecular complexity index is 711. The van der Waals surface area contributed by atoms with Gasteiger partial charge in [0.1, 0.15) is 0 Å². The van der Waals surface area contributed by atoms with E-state index in [1.54, 1.807) is 11.3 Å². The van der Waals surface area contributed by atoms with Crippen molar-refractivity contribution in [2.75, 3.05) is 12.4 Å². The lowest BCUT2D eigenvalue weighted by molar-refractivity contribution is 0.985. The third-order valence-corrected chi connectivity index (χ3v) is 3.92. The first kappa shape index (κ1) is 11.2. The van der Waals surface area contributed by atoms with E-state index in [0.717, 1.165) is 10.7 Å². The van der Waals surface area contributed by atoms with Crippen LogP contribution in [0, 0.1) is 13.8 Å². The number of rotatable bonds is 2. The molecule has 0 bridgehead atoms. The van der Waals surface area contributed by atoms with Crippen LogP contribution >= 0.6 is 11.3 Å². The number of thiazole rings is 1. The Morgan fingerprint density at radius 1 is 1.22 bits per heavy atom. The first-order valence-corrected chi connectivity index (χ1v) is 6.66. The van der Waals surface area contributed by atoms with Gasteiger partial charge in [0, 0.05) is 18.0 Å². The molecule has 92 valence electrons. The van der Waals surface area contributed by atoms with Crippen LogP contribution in [0.2, 0.25) is 0 Å². The van der Waals surface area contributed by atoms with Crippen LogP contribution in [0.3, 0.4) is 0 Å². The van der Waals surface area contributed by atoms with E-state index in [-0.39, 0.29) is 0 Å². The third kappa shape index (κ3) is 1.67. The molecule has 1 N–H and O–H groups in total. The van der Waals surface area contributed by atoms with E-state index in [0.29, 0.717) is 5.95 Å². The summed E-state index contributed by atoms with van der Waals surface area (Å²) in [6.45, 7) is 4.25. The lowest BCUT2D eigenvalue weighted by Gasteiger charge is -2.03. The molecule has 0 aliphatic rings. The SMILES string of the molecule is CNc1nc2scc(-c3ccc(C)c(C)c3)n2n1. The zero-order valence-corrected chi connectivity index (χ0v) is 11.4. The second-order valence-electron chi connectivity index (χ2n) is 4.30. The maximum absolute atomic E-state index is 4.42. The molecule has 1 aromatic carbocycles. The number of hydrogen-bond donors (Lipinski definition) is 1. The zero-order valence-electron chi connectivity index (χ0n) is 10.6. The second kappa shape index (κ2) is 4.10. The van der Waals surface area contributed by atoms with Gasteiger partial charge < -0.3 is 5.32 Å². The molecule has 2 aromatic heterocycles. The topological polar surface area (TPSA) is 42.2 Å². The highest BCUT2D eigenvalue weighted by Crippen LogP contribution is 2.27. The van der Waals surface area contributed by atoms with Gasteiger partial charge in [0.15, 0.2) is 0 Å². The number of benzene rings is 1. The van der Waals surface area contributed by atoms with E-state index in [1.807, 2.05) is 11.6 Å². The van der Waals surface area contributed by atoms with Gasteiger partial charge in [0.2, 0.25) is 10.9 Å². The highest BCUT2D eigenvalue weighted by atomic mass is 32.1. The van der Waals surface area contributed by atoms with E-state index in [4.69, 9.17) is 0 Å². The Morgan fingerprint density at radius 2 is 2.06 bits per heavy atom. The van der Waals surface area contributed by atoms with Crippen molar-refractivity contribution in [1.82, 2.24) is 14.6 Å². The van der Waals surface area contributed by atoms with Crippen LogP contribution in [-0.2, 0) is 0 Å². The van der Waals surface area contributed by atoms with Crippen molar-refractivity contribution in [2.45, 2.75) is 13.8 Å². The molecule has 0 saturated carbocycles. The molecule has 0 unspecified atom stereocenters. The van der Waals surface area contributed by atoms with Gasteiger partial charge in [-0.25, -0.2) is 4.52 Å². The highest BCUT2D eigenvalue weighted by Gasteiger charge is 2.11. The summed E-state index contributed by atoms with van der Waals surface area (Å²) in [6.07, 6.45) is 0. The molecule has 3 rings (SSSR count). The fraction of sp³-hybridized carbons (Fsp3) is 0.231. The second-order valence-corrected chi connectivity index (χ2v) is 5.14. The lowest BCUT2D eigenvalue weighted by atomic mass is 10.1. The van der Waals surface area contributed by atoms with Gasteiger partial charge >= 0.3 is 0 Å². The minimum absolute atomic E-state index is 0.659. The first-order chi connectivity index (χ1) is 8.69. The zero-order chi connectivity index (χ0) is 12.7. The average Bonchev–Trinajstić information content (AvgIpc) is 2.92. The molecule has 4 nitrogen and oxygen atoms in total. The standard InChI is InChI=1S/C13H14N4S/c1-8-4-5-10(6-9(8)2)11-7-18-13-15-12(14-3)16-17(11)13/h4-7H,1-3H3,(H,14,16). The normalized spacial score (nSPS) is 11.1. The summed E-state index contributed by atoms with van der Waals surface area (Å²) in [7, 11) is 1.83. The van der Waals surface area contributed by atoms with Gasteiger partial charge in [0.25, 0.3) is 0 Å². The molecule has 0 radical (unpaired) electrons. The van der Waals surface area contributed by atoms with Gasteiger partial charge in [-0.3, -0.25) is 0 Å². The predicted octanol–water partition coefficient (Wildman–Crippen LogP) is 3.12. The molecule has 3 aromatic rings. The van der Waals surface area contributed by atoms with Gasteiger partial charge in [0.05, 0.1) is 5.69 Å². The molecule has 0 fully saturated rings. The van der Waals surface area contributed by atoms with Crippen molar-refractivity contribution in [3.05, 3.63) is 34.7 Å². The van der Waals surface area contributed by atoms with Crippen LogP contribution in [0.25, 0.3) is 16.2 Å². The predicted molar refractivity (Wildman–Crippen MR) is 75.3 cm³/mol. The van der Waals surface area contributed by atoms with Crippen LogP contribution in [0.5, 0.6) is 0 Å². The Balaban J connectivity index is 2.18. The number of nitrogens with one attached hydrogen (secondary N) is 1. The summed E-state index contributed by atoms with van der Waals surface area (Å²) in [5, 5.41) is 9.49. The summed E-state index contributed by atoms with van der Waals surface area (Å²) in [5.41, 5.74) is 4.87. The summed E-state index contributed by atoms with van der Waals surface area (Å²) >= 11 is 1.60. The Kier molecular flexibility index (Phi) is 2.56. The maximum atomic E-state index is 4.42. The molecule has 18 heavy (non-hydrogen) atoms. The minimum atomic E-state index is 0.659. The van der Waals surface area contributed by atoms with E-state index in [9.17, 15) is 0 Å². The van der Waals surface area contributed by atoms with E-state index >= 15 is 0 Å². The minimum Gasteiger partial charge on any atom is -0.356 e. The quantitative estimate of drug-likeness (QED) is 0.768. The Morgan fingerprint density at radius 3 is 2.78 bits per heavy atom. The summed E-state index contributed by atoms with van der Waals surface area (Å²) < 4.78 is 1.89. The number of fused-ring (bicyclic) bond motifs is 1. The van der Waals surface area contributed by atoms with Gasteiger partial charge in [-0.2, -0.15) is 4.98 Å². The fourth-order valence-corrected chi connectivity index (χ4v) is 2.72. The van der Waals surface area contributed by atoms with Crippen molar-refractivity contribution in [3.8, 4) is 11.3 Å². The van der Waals surface area contributed by atoms with Crippen molar-refractivity contribution >= 4 is 22.2 Å². The monoisotopic (exact) mass is 258 g/mol. The molecule has 0 aliphatic heterocycles. The van der Waals surface area contributed by atoms with Crippen LogP contribution < -0.4 is 5.32 Å². The number of aryl methyl sites for hydroxylation is 2. The molecule has 0 amide bonds. The van der Waals surface area contributed by atoms with Crippen LogP contribution in [0.15, 0.2) is 23.6 Å². The van der Waals surface area contributed by atoms with Gasteiger partial charge in [-0.1, -0.05) is 12.1 Å². The summed E-state index contributed by atoms with van der Waals surface area (Å²) in [5.74, 6) is 0.659. The maximum Gasteiger partial charge on any atom is 0.243 e. The molecular weight excluding hydrogens is 244 g/mol. The van der Waals surface area contributed by atoms with Crippen molar-refractivity contribution in [1.29, 1.82) is 0 Å². The Labute approximate surface area is 109 Å². The molecule has 2 heterocycles. The molecule has 0 aliphatic carbocycles. The summed E-state index contributed by atoms with van der Waals surface area (Å²) in [6, 6.07) is 6.46. The van der Waals surface area contributed by atoms with Crippen LogP contribution in [0.1, 0.15) is 11.1 Å². The third-order valence-electron chi connectivity index (χ3n) is 3.11. The first-order valence-electron chi connectivity index (χ1n) is 5.78. The highest BCUT2D eigenvalue weighted by molar-refractivity contribution is 7.15. The number of hydrogen-bond acceptors (Lipinski definition) is 4. The van der Waals surface area contributed by atoms with Crippen molar-refractivity contribution < 1.29 is 0 Å².